The van der Waals surface area contributed by atoms with Crippen LogP contribution in [0.25, 0.3) is 0 Å². The molecule has 2 aromatic rings. The summed E-state index contributed by atoms with van der Waals surface area (Å²) in [6, 6.07) is 7.60. The number of carbonyl (C=O) groups is 2. The number of rotatable bonds is 2. The summed E-state index contributed by atoms with van der Waals surface area (Å²) >= 11 is 5.48. The molecule has 0 unspecified atom stereocenters. The van der Waals surface area contributed by atoms with Crippen molar-refractivity contribution in [1.29, 1.82) is 0 Å². The van der Waals surface area contributed by atoms with Gasteiger partial charge in [-0.2, -0.15) is 13.2 Å². The quantitative estimate of drug-likeness (QED) is 0.806. The van der Waals surface area contributed by atoms with Crippen LogP contribution in [0.2, 0.25) is 5.02 Å². The van der Waals surface area contributed by atoms with Crippen molar-refractivity contribution in [2.24, 2.45) is 0 Å². The van der Waals surface area contributed by atoms with E-state index in [9.17, 15) is 22.8 Å². The highest BCUT2D eigenvalue weighted by Crippen LogP contribution is 2.36. The molecule has 0 aliphatic rings. The molecule has 0 saturated carbocycles. The monoisotopic (exact) mass is 357 g/mol. The van der Waals surface area contributed by atoms with Crippen LogP contribution in [0.15, 0.2) is 36.4 Å². The van der Waals surface area contributed by atoms with Gasteiger partial charge in [-0.25, -0.2) is 4.98 Å². The lowest BCUT2D eigenvalue weighted by molar-refractivity contribution is -0.137. The Balaban J connectivity index is 2.10. The second-order valence-corrected chi connectivity index (χ2v) is 5.17. The zero-order chi connectivity index (χ0) is 17.9. The van der Waals surface area contributed by atoms with Crippen molar-refractivity contribution in [1.82, 2.24) is 4.98 Å². The second kappa shape index (κ2) is 6.88. The Bertz CT molecular complexity index is 794. The summed E-state index contributed by atoms with van der Waals surface area (Å²) in [6.45, 7) is 1.70. The average molecular weight is 358 g/mol. The number of hydrogen-bond acceptors (Lipinski definition) is 3. The molecule has 0 spiro atoms. The van der Waals surface area contributed by atoms with E-state index in [0.29, 0.717) is 11.8 Å². The first-order valence-corrected chi connectivity index (χ1v) is 6.97. The minimum atomic E-state index is -4.68. The van der Waals surface area contributed by atoms with E-state index in [1.807, 2.05) is 0 Å². The van der Waals surface area contributed by atoms with E-state index >= 15 is 0 Å². The summed E-state index contributed by atoms with van der Waals surface area (Å²) in [7, 11) is 0. The molecule has 9 heteroatoms. The Hall–Kier alpha value is -2.61. The van der Waals surface area contributed by atoms with E-state index in [-0.39, 0.29) is 11.5 Å². The zero-order valence-electron chi connectivity index (χ0n) is 12.2. The molecule has 0 aliphatic heterocycles. The van der Waals surface area contributed by atoms with Gasteiger partial charge in [0.15, 0.2) is 0 Å². The fraction of sp³-hybridized carbons (Fsp3) is 0.133. The number of carbonyl (C=O) groups excluding carboxylic acids is 2. The van der Waals surface area contributed by atoms with E-state index in [1.165, 1.54) is 6.07 Å². The van der Waals surface area contributed by atoms with Crippen LogP contribution in [0.1, 0.15) is 11.3 Å². The third kappa shape index (κ3) is 4.45. The Kier molecular flexibility index (Phi) is 5.08. The summed E-state index contributed by atoms with van der Waals surface area (Å²) < 4.78 is 38.3. The number of aromatic nitrogens is 1. The Morgan fingerprint density at radius 1 is 1.08 bits per heavy atom. The van der Waals surface area contributed by atoms with Crippen molar-refractivity contribution in [3.8, 4) is 0 Å². The fourth-order valence-electron chi connectivity index (χ4n) is 1.79. The molecular weight excluding hydrogens is 347 g/mol. The standard InChI is InChI=1S/C15H11ClF3N3O2/c1-8-3-2-4-12(20-8)22-14(24)13(23)21-9-5-6-11(16)10(7-9)15(17,18)19/h2-7H,1H3,(H,21,23)(H,20,22,24). The largest absolute Gasteiger partial charge is 0.417 e. The van der Waals surface area contributed by atoms with Crippen LogP contribution < -0.4 is 10.6 Å². The predicted octanol–water partition coefficient (Wildman–Crippen LogP) is 3.64. The number of halogens is 4. The number of nitrogens with one attached hydrogen (secondary N) is 2. The van der Waals surface area contributed by atoms with Crippen LogP contribution >= 0.6 is 11.6 Å². The van der Waals surface area contributed by atoms with Gasteiger partial charge in [0.2, 0.25) is 0 Å². The lowest BCUT2D eigenvalue weighted by Crippen LogP contribution is -2.29. The van der Waals surface area contributed by atoms with Gasteiger partial charge in [0.25, 0.3) is 0 Å². The number of alkyl halides is 3. The van der Waals surface area contributed by atoms with Gasteiger partial charge in [-0.1, -0.05) is 17.7 Å². The first-order chi connectivity index (χ1) is 11.2. The van der Waals surface area contributed by atoms with E-state index in [2.05, 4.69) is 15.6 Å². The molecule has 0 bridgehead atoms. The summed E-state index contributed by atoms with van der Waals surface area (Å²) in [5.74, 6) is -2.03. The van der Waals surface area contributed by atoms with Crippen LogP contribution in [0.4, 0.5) is 24.7 Å². The average Bonchev–Trinajstić information content (AvgIpc) is 2.48. The molecule has 0 saturated heterocycles. The number of nitrogens with zero attached hydrogens (tertiary/aromatic N) is 1. The molecule has 0 aliphatic carbocycles. The Morgan fingerprint density at radius 3 is 2.38 bits per heavy atom. The van der Waals surface area contributed by atoms with Crippen LogP contribution in [0.5, 0.6) is 0 Å². The number of benzene rings is 1. The predicted molar refractivity (Wildman–Crippen MR) is 82.7 cm³/mol. The molecular formula is C15H11ClF3N3O2. The zero-order valence-corrected chi connectivity index (χ0v) is 13.0. The van der Waals surface area contributed by atoms with Gasteiger partial charge in [-0.15, -0.1) is 0 Å². The molecule has 0 fully saturated rings. The minimum Gasteiger partial charge on any atom is -0.318 e. The van der Waals surface area contributed by atoms with Crippen LogP contribution in [-0.2, 0) is 15.8 Å². The van der Waals surface area contributed by atoms with Crippen molar-refractivity contribution < 1.29 is 22.8 Å². The first-order valence-electron chi connectivity index (χ1n) is 6.59. The van der Waals surface area contributed by atoms with Gasteiger partial charge >= 0.3 is 18.0 Å². The Morgan fingerprint density at radius 2 is 1.75 bits per heavy atom. The van der Waals surface area contributed by atoms with E-state index < -0.39 is 28.6 Å². The fourth-order valence-corrected chi connectivity index (χ4v) is 2.02. The summed E-state index contributed by atoms with van der Waals surface area (Å²) in [6.07, 6.45) is -4.68. The summed E-state index contributed by atoms with van der Waals surface area (Å²) in [5.41, 5.74) is -0.687. The SMILES string of the molecule is Cc1cccc(NC(=O)C(=O)Nc2ccc(Cl)c(C(F)(F)F)c2)n1. The highest BCUT2D eigenvalue weighted by Gasteiger charge is 2.33. The molecule has 1 heterocycles. The maximum Gasteiger partial charge on any atom is 0.417 e. The van der Waals surface area contributed by atoms with Crippen LogP contribution in [0.3, 0.4) is 0 Å². The third-order valence-corrected chi connectivity index (χ3v) is 3.20. The van der Waals surface area contributed by atoms with E-state index in [4.69, 9.17) is 11.6 Å². The van der Waals surface area contributed by atoms with Gasteiger partial charge in [0.05, 0.1) is 10.6 Å². The summed E-state index contributed by atoms with van der Waals surface area (Å²) in [5, 5.41) is 3.82. The van der Waals surface area contributed by atoms with Crippen LogP contribution in [0, 0.1) is 6.92 Å². The highest BCUT2D eigenvalue weighted by atomic mass is 35.5. The van der Waals surface area contributed by atoms with Gasteiger partial charge in [-0.3, -0.25) is 9.59 Å². The molecule has 2 N–H and O–H groups in total. The number of aryl methyl sites for hydroxylation is 1. The molecule has 1 aromatic carbocycles. The Labute approximate surface area is 139 Å². The third-order valence-electron chi connectivity index (χ3n) is 2.87. The molecule has 2 amide bonds. The van der Waals surface area contributed by atoms with Crippen molar-refractivity contribution in [2.45, 2.75) is 13.1 Å². The molecule has 126 valence electrons. The van der Waals surface area contributed by atoms with Gasteiger partial charge in [-0.05, 0) is 37.3 Å². The maximum absolute atomic E-state index is 12.8. The number of hydrogen-bond donors (Lipinski definition) is 2. The number of anilines is 2. The molecule has 5 nitrogen and oxygen atoms in total. The van der Waals surface area contributed by atoms with Gasteiger partial charge < -0.3 is 10.6 Å². The topological polar surface area (TPSA) is 71.1 Å². The van der Waals surface area contributed by atoms with Crippen molar-refractivity contribution in [2.75, 3.05) is 10.6 Å². The smallest absolute Gasteiger partial charge is 0.318 e. The number of amides is 2. The highest BCUT2D eigenvalue weighted by molar-refractivity contribution is 6.43. The van der Waals surface area contributed by atoms with Gasteiger partial charge in [0, 0.05) is 11.4 Å². The lowest BCUT2D eigenvalue weighted by atomic mass is 10.2. The molecule has 0 atom stereocenters. The van der Waals surface area contributed by atoms with Gasteiger partial charge in [0.1, 0.15) is 5.82 Å². The lowest BCUT2D eigenvalue weighted by Gasteiger charge is -2.11. The number of pyridine rings is 1. The molecule has 1 aromatic heterocycles. The van der Waals surface area contributed by atoms with E-state index in [1.54, 1.807) is 19.1 Å². The normalized spacial score (nSPS) is 11.0. The molecule has 0 radical (unpaired) electrons. The first kappa shape index (κ1) is 17.7. The molecule has 24 heavy (non-hydrogen) atoms. The van der Waals surface area contributed by atoms with Crippen molar-refractivity contribution >= 4 is 34.9 Å². The molecule has 2 rings (SSSR count). The van der Waals surface area contributed by atoms with Crippen molar-refractivity contribution in [3.63, 3.8) is 0 Å². The van der Waals surface area contributed by atoms with E-state index in [0.717, 1.165) is 12.1 Å². The minimum absolute atomic E-state index is 0.155. The maximum atomic E-state index is 12.8. The second-order valence-electron chi connectivity index (χ2n) is 4.76. The summed E-state index contributed by atoms with van der Waals surface area (Å²) in [4.78, 5) is 27.5. The van der Waals surface area contributed by atoms with Crippen LogP contribution in [-0.4, -0.2) is 16.8 Å². The van der Waals surface area contributed by atoms with Crippen molar-refractivity contribution in [3.05, 3.63) is 52.7 Å².